The molecule has 0 aromatic heterocycles. The molecule has 0 saturated carbocycles. The summed E-state index contributed by atoms with van der Waals surface area (Å²) in [6.45, 7) is 2.79. The predicted molar refractivity (Wildman–Crippen MR) is 87.7 cm³/mol. The molecular weight excluding hydrogens is 351 g/mol. The van der Waals surface area contributed by atoms with Crippen LogP contribution in [0.15, 0.2) is 48.5 Å². The van der Waals surface area contributed by atoms with E-state index in [2.05, 4.69) is 33.2 Å². The predicted octanol–water partition coefficient (Wildman–Crippen LogP) is 3.98. The molecule has 2 rings (SSSR count). The highest BCUT2D eigenvalue weighted by Crippen LogP contribution is 2.18. The van der Waals surface area contributed by atoms with Gasteiger partial charge in [0.25, 0.3) is 5.91 Å². The number of rotatable bonds is 4. The van der Waals surface area contributed by atoms with E-state index in [1.165, 1.54) is 0 Å². The van der Waals surface area contributed by atoms with Crippen molar-refractivity contribution in [3.05, 3.63) is 57.7 Å². The SMILES string of the molecule is CCNc1ccccc1C(=O)Nc1cccc(I)c1. The van der Waals surface area contributed by atoms with Gasteiger partial charge in [0.1, 0.15) is 0 Å². The first-order chi connectivity index (χ1) is 9.20. The van der Waals surface area contributed by atoms with Gasteiger partial charge in [-0.3, -0.25) is 4.79 Å². The number of carbonyl (C=O) groups excluding carboxylic acids is 1. The zero-order valence-electron chi connectivity index (χ0n) is 10.6. The molecule has 0 fully saturated rings. The highest BCUT2D eigenvalue weighted by atomic mass is 127. The lowest BCUT2D eigenvalue weighted by atomic mass is 10.1. The van der Waals surface area contributed by atoms with Crippen LogP contribution in [-0.4, -0.2) is 12.5 Å². The number of para-hydroxylation sites is 1. The Morgan fingerprint density at radius 3 is 2.68 bits per heavy atom. The average Bonchev–Trinajstić information content (AvgIpc) is 2.39. The Balaban J connectivity index is 2.20. The van der Waals surface area contributed by atoms with Crippen molar-refractivity contribution in [2.75, 3.05) is 17.2 Å². The van der Waals surface area contributed by atoms with Crippen LogP contribution >= 0.6 is 22.6 Å². The fraction of sp³-hybridized carbons (Fsp3) is 0.133. The highest BCUT2D eigenvalue weighted by Gasteiger charge is 2.10. The quantitative estimate of drug-likeness (QED) is 0.804. The summed E-state index contributed by atoms with van der Waals surface area (Å²) in [6.07, 6.45) is 0. The molecule has 0 bridgehead atoms. The zero-order valence-corrected chi connectivity index (χ0v) is 12.8. The monoisotopic (exact) mass is 366 g/mol. The van der Waals surface area contributed by atoms with Crippen molar-refractivity contribution in [1.82, 2.24) is 0 Å². The minimum absolute atomic E-state index is 0.0986. The van der Waals surface area contributed by atoms with Crippen LogP contribution in [0.25, 0.3) is 0 Å². The molecule has 2 N–H and O–H groups in total. The first-order valence-corrected chi connectivity index (χ1v) is 7.18. The molecular formula is C15H15IN2O. The standard InChI is InChI=1S/C15H15IN2O/c1-2-17-14-9-4-3-8-13(14)15(19)18-12-7-5-6-11(16)10-12/h3-10,17H,2H2,1H3,(H,18,19). The van der Waals surface area contributed by atoms with Gasteiger partial charge in [0.2, 0.25) is 0 Å². The van der Waals surface area contributed by atoms with Crippen molar-refractivity contribution in [1.29, 1.82) is 0 Å². The molecule has 2 aromatic carbocycles. The third-order valence-corrected chi connectivity index (χ3v) is 3.29. The second kappa shape index (κ2) is 6.56. The van der Waals surface area contributed by atoms with E-state index in [0.29, 0.717) is 5.56 Å². The zero-order chi connectivity index (χ0) is 13.7. The molecule has 2 aromatic rings. The molecule has 4 heteroatoms. The summed E-state index contributed by atoms with van der Waals surface area (Å²) in [5.74, 6) is -0.0986. The van der Waals surface area contributed by atoms with Gasteiger partial charge in [-0.25, -0.2) is 0 Å². The smallest absolute Gasteiger partial charge is 0.257 e. The van der Waals surface area contributed by atoms with Gasteiger partial charge >= 0.3 is 0 Å². The molecule has 0 spiro atoms. The van der Waals surface area contributed by atoms with Crippen molar-refractivity contribution in [3.63, 3.8) is 0 Å². The highest BCUT2D eigenvalue weighted by molar-refractivity contribution is 14.1. The maximum absolute atomic E-state index is 12.3. The Labute approximate surface area is 126 Å². The van der Waals surface area contributed by atoms with Crippen LogP contribution in [0.5, 0.6) is 0 Å². The Morgan fingerprint density at radius 1 is 1.16 bits per heavy atom. The summed E-state index contributed by atoms with van der Waals surface area (Å²) in [6, 6.07) is 15.2. The Kier molecular flexibility index (Phi) is 4.79. The summed E-state index contributed by atoms with van der Waals surface area (Å²) in [4.78, 5) is 12.3. The number of hydrogen-bond acceptors (Lipinski definition) is 2. The largest absolute Gasteiger partial charge is 0.385 e. The van der Waals surface area contributed by atoms with Crippen molar-refractivity contribution >= 4 is 39.9 Å². The lowest BCUT2D eigenvalue weighted by Crippen LogP contribution is -2.14. The fourth-order valence-electron chi connectivity index (χ4n) is 1.79. The summed E-state index contributed by atoms with van der Waals surface area (Å²) >= 11 is 2.22. The van der Waals surface area contributed by atoms with E-state index in [9.17, 15) is 4.79 Å². The average molecular weight is 366 g/mol. The Morgan fingerprint density at radius 2 is 1.95 bits per heavy atom. The second-order valence-electron chi connectivity index (χ2n) is 4.04. The third-order valence-electron chi connectivity index (χ3n) is 2.62. The molecule has 0 aliphatic heterocycles. The molecule has 0 radical (unpaired) electrons. The summed E-state index contributed by atoms with van der Waals surface area (Å²) in [5.41, 5.74) is 2.32. The van der Waals surface area contributed by atoms with Gasteiger partial charge in [0.15, 0.2) is 0 Å². The third kappa shape index (κ3) is 3.70. The lowest BCUT2D eigenvalue weighted by molar-refractivity contribution is 0.102. The second-order valence-corrected chi connectivity index (χ2v) is 5.29. The number of carbonyl (C=O) groups is 1. The van der Waals surface area contributed by atoms with Gasteiger partial charge < -0.3 is 10.6 Å². The maximum Gasteiger partial charge on any atom is 0.257 e. The Hall–Kier alpha value is -1.56. The van der Waals surface area contributed by atoms with Crippen LogP contribution < -0.4 is 10.6 Å². The van der Waals surface area contributed by atoms with E-state index >= 15 is 0 Å². The van der Waals surface area contributed by atoms with Gasteiger partial charge in [-0.15, -0.1) is 0 Å². The molecule has 0 heterocycles. The van der Waals surface area contributed by atoms with Gasteiger partial charge in [0, 0.05) is 21.5 Å². The molecule has 0 saturated heterocycles. The topological polar surface area (TPSA) is 41.1 Å². The Bertz CT molecular complexity index is 584. The maximum atomic E-state index is 12.3. The lowest BCUT2D eigenvalue weighted by Gasteiger charge is -2.11. The number of hydrogen-bond donors (Lipinski definition) is 2. The van der Waals surface area contributed by atoms with E-state index in [1.807, 2.05) is 55.5 Å². The summed E-state index contributed by atoms with van der Waals surface area (Å²) < 4.78 is 1.09. The fourth-order valence-corrected chi connectivity index (χ4v) is 2.33. The molecule has 0 atom stereocenters. The molecule has 0 aliphatic rings. The van der Waals surface area contributed by atoms with Crippen molar-refractivity contribution < 1.29 is 4.79 Å². The van der Waals surface area contributed by atoms with Crippen LogP contribution in [-0.2, 0) is 0 Å². The van der Waals surface area contributed by atoms with Gasteiger partial charge in [-0.1, -0.05) is 18.2 Å². The van der Waals surface area contributed by atoms with Gasteiger partial charge in [-0.2, -0.15) is 0 Å². The van der Waals surface area contributed by atoms with E-state index in [4.69, 9.17) is 0 Å². The molecule has 19 heavy (non-hydrogen) atoms. The minimum atomic E-state index is -0.0986. The minimum Gasteiger partial charge on any atom is -0.385 e. The summed E-state index contributed by atoms with van der Waals surface area (Å²) in [7, 11) is 0. The number of halogens is 1. The van der Waals surface area contributed by atoms with Crippen LogP contribution in [0.4, 0.5) is 11.4 Å². The number of benzene rings is 2. The van der Waals surface area contributed by atoms with Gasteiger partial charge in [0.05, 0.1) is 5.56 Å². The molecule has 0 aliphatic carbocycles. The molecule has 1 amide bonds. The van der Waals surface area contributed by atoms with E-state index < -0.39 is 0 Å². The van der Waals surface area contributed by atoms with Crippen LogP contribution in [0.2, 0.25) is 0 Å². The molecule has 3 nitrogen and oxygen atoms in total. The van der Waals surface area contributed by atoms with Gasteiger partial charge in [-0.05, 0) is 59.8 Å². The van der Waals surface area contributed by atoms with Crippen LogP contribution in [0.1, 0.15) is 17.3 Å². The van der Waals surface area contributed by atoms with Crippen molar-refractivity contribution in [2.24, 2.45) is 0 Å². The molecule has 0 unspecified atom stereocenters. The number of nitrogens with one attached hydrogen (secondary N) is 2. The first-order valence-electron chi connectivity index (χ1n) is 6.10. The van der Waals surface area contributed by atoms with E-state index in [1.54, 1.807) is 0 Å². The number of anilines is 2. The van der Waals surface area contributed by atoms with Crippen LogP contribution in [0, 0.1) is 3.57 Å². The van der Waals surface area contributed by atoms with E-state index in [0.717, 1.165) is 21.5 Å². The number of amides is 1. The first kappa shape index (κ1) is 13.9. The van der Waals surface area contributed by atoms with E-state index in [-0.39, 0.29) is 5.91 Å². The summed E-state index contributed by atoms with van der Waals surface area (Å²) in [5, 5.41) is 6.11. The normalized spacial score (nSPS) is 10.0. The molecule has 98 valence electrons. The van der Waals surface area contributed by atoms with Crippen molar-refractivity contribution in [3.8, 4) is 0 Å². The van der Waals surface area contributed by atoms with Crippen LogP contribution in [0.3, 0.4) is 0 Å². The van der Waals surface area contributed by atoms with Crippen molar-refractivity contribution in [2.45, 2.75) is 6.92 Å².